The first-order chi connectivity index (χ1) is 7.07. The second kappa shape index (κ2) is 5.16. The van der Waals surface area contributed by atoms with Gasteiger partial charge in [0, 0.05) is 5.88 Å². The molecule has 1 aromatic rings. The summed E-state index contributed by atoms with van der Waals surface area (Å²) in [5.74, 6) is -3.62. The highest BCUT2D eigenvalue weighted by molar-refractivity contribution is 6.18. The maximum atomic E-state index is 13.1. The van der Waals surface area contributed by atoms with Gasteiger partial charge in [-0.25, -0.2) is 13.2 Å². The highest BCUT2D eigenvalue weighted by Crippen LogP contribution is 2.16. The van der Waals surface area contributed by atoms with E-state index in [0.717, 1.165) is 18.2 Å². The van der Waals surface area contributed by atoms with E-state index in [9.17, 15) is 18.0 Å². The van der Waals surface area contributed by atoms with Crippen LogP contribution < -0.4 is 0 Å². The number of hydrogen-bond donors (Lipinski definition) is 0. The molecule has 5 heteroatoms. The standard InChI is InChI=1S/C10H8ClF3O/c11-5-4-8(13)10(15)6-2-1-3-7(12)9(6)14/h1-3,8H,4-5H2. The summed E-state index contributed by atoms with van der Waals surface area (Å²) in [4.78, 5) is 11.3. The topological polar surface area (TPSA) is 17.1 Å². The molecule has 1 rings (SSSR count). The van der Waals surface area contributed by atoms with Crippen molar-refractivity contribution in [1.82, 2.24) is 0 Å². The highest BCUT2D eigenvalue weighted by atomic mass is 35.5. The summed E-state index contributed by atoms with van der Waals surface area (Å²) in [6.45, 7) is 0. The third-order valence-corrected chi connectivity index (χ3v) is 2.08. The van der Waals surface area contributed by atoms with Gasteiger partial charge in [-0.3, -0.25) is 4.79 Å². The number of carbonyl (C=O) groups is 1. The fourth-order valence-electron chi connectivity index (χ4n) is 1.09. The molecule has 0 saturated carbocycles. The first-order valence-electron chi connectivity index (χ1n) is 4.26. The van der Waals surface area contributed by atoms with Crippen LogP contribution in [0.3, 0.4) is 0 Å². The van der Waals surface area contributed by atoms with Gasteiger partial charge in [-0.15, -0.1) is 11.6 Å². The molecule has 0 fully saturated rings. The Labute approximate surface area is 89.9 Å². The Balaban J connectivity index is 2.96. The van der Waals surface area contributed by atoms with Gasteiger partial charge < -0.3 is 0 Å². The van der Waals surface area contributed by atoms with Gasteiger partial charge in [0.1, 0.15) is 0 Å². The molecule has 0 aromatic heterocycles. The van der Waals surface area contributed by atoms with E-state index in [1.54, 1.807) is 0 Å². The molecule has 1 nitrogen and oxygen atoms in total. The van der Waals surface area contributed by atoms with Gasteiger partial charge in [0.25, 0.3) is 0 Å². The number of rotatable bonds is 4. The van der Waals surface area contributed by atoms with Crippen molar-refractivity contribution in [2.24, 2.45) is 0 Å². The lowest BCUT2D eigenvalue weighted by Gasteiger charge is -2.06. The van der Waals surface area contributed by atoms with Gasteiger partial charge in [0.15, 0.2) is 23.6 Å². The molecular weight excluding hydrogens is 229 g/mol. The number of hydrogen-bond acceptors (Lipinski definition) is 1. The number of Topliss-reactive ketones (excluding diaryl/α,β-unsaturated/α-hetero) is 1. The van der Waals surface area contributed by atoms with Crippen molar-refractivity contribution >= 4 is 17.4 Å². The largest absolute Gasteiger partial charge is 0.291 e. The molecule has 15 heavy (non-hydrogen) atoms. The summed E-state index contributed by atoms with van der Waals surface area (Å²) in [5, 5.41) is 0. The van der Waals surface area contributed by atoms with Crippen LogP contribution in [-0.4, -0.2) is 17.8 Å². The molecule has 0 amide bonds. The average molecular weight is 237 g/mol. The molecule has 1 atom stereocenters. The molecule has 0 N–H and O–H groups in total. The second-order valence-electron chi connectivity index (χ2n) is 2.91. The number of alkyl halides is 2. The lowest BCUT2D eigenvalue weighted by atomic mass is 10.0. The number of carbonyl (C=O) groups excluding carboxylic acids is 1. The number of ketones is 1. The normalized spacial score (nSPS) is 12.5. The van der Waals surface area contributed by atoms with Crippen molar-refractivity contribution < 1.29 is 18.0 Å². The predicted octanol–water partition coefficient (Wildman–Crippen LogP) is 3.11. The zero-order valence-corrected chi connectivity index (χ0v) is 8.40. The Hall–Kier alpha value is -1.03. The first kappa shape index (κ1) is 12.0. The third-order valence-electron chi connectivity index (χ3n) is 1.86. The zero-order valence-electron chi connectivity index (χ0n) is 7.64. The molecule has 0 saturated heterocycles. The smallest absolute Gasteiger partial charge is 0.199 e. The molecule has 0 heterocycles. The van der Waals surface area contributed by atoms with Crippen LogP contribution in [0.25, 0.3) is 0 Å². The van der Waals surface area contributed by atoms with E-state index in [-0.39, 0.29) is 12.3 Å². The van der Waals surface area contributed by atoms with E-state index >= 15 is 0 Å². The Bertz CT molecular complexity index is 368. The van der Waals surface area contributed by atoms with Crippen molar-refractivity contribution in [1.29, 1.82) is 0 Å². The van der Waals surface area contributed by atoms with Crippen LogP contribution in [0.15, 0.2) is 18.2 Å². The summed E-state index contributed by atoms with van der Waals surface area (Å²) in [7, 11) is 0. The molecule has 1 aromatic carbocycles. The van der Waals surface area contributed by atoms with Crippen LogP contribution in [0, 0.1) is 11.6 Å². The van der Waals surface area contributed by atoms with Crippen LogP contribution in [0.2, 0.25) is 0 Å². The van der Waals surface area contributed by atoms with Crippen LogP contribution in [0.4, 0.5) is 13.2 Å². The Morgan fingerprint density at radius 3 is 2.67 bits per heavy atom. The van der Waals surface area contributed by atoms with Crippen LogP contribution in [-0.2, 0) is 0 Å². The van der Waals surface area contributed by atoms with Crippen LogP contribution in [0.5, 0.6) is 0 Å². The van der Waals surface area contributed by atoms with Crippen LogP contribution in [0.1, 0.15) is 16.8 Å². The van der Waals surface area contributed by atoms with E-state index in [1.165, 1.54) is 0 Å². The van der Waals surface area contributed by atoms with Crippen molar-refractivity contribution in [2.45, 2.75) is 12.6 Å². The van der Waals surface area contributed by atoms with E-state index < -0.39 is 29.2 Å². The first-order valence-corrected chi connectivity index (χ1v) is 4.79. The minimum atomic E-state index is -1.89. The predicted molar refractivity (Wildman–Crippen MR) is 50.9 cm³/mol. The summed E-state index contributed by atoms with van der Waals surface area (Å²) in [5.41, 5.74) is -0.576. The molecular formula is C10H8ClF3O. The van der Waals surface area contributed by atoms with Gasteiger partial charge in [-0.2, -0.15) is 0 Å². The maximum Gasteiger partial charge on any atom is 0.199 e. The second-order valence-corrected chi connectivity index (χ2v) is 3.29. The van der Waals surface area contributed by atoms with Crippen molar-refractivity contribution in [2.75, 3.05) is 5.88 Å². The molecule has 82 valence electrons. The number of benzene rings is 1. The fourth-order valence-corrected chi connectivity index (χ4v) is 1.28. The van der Waals surface area contributed by atoms with Crippen molar-refractivity contribution in [3.8, 4) is 0 Å². The van der Waals surface area contributed by atoms with E-state index in [4.69, 9.17) is 11.6 Å². The Morgan fingerprint density at radius 1 is 1.40 bits per heavy atom. The van der Waals surface area contributed by atoms with Crippen molar-refractivity contribution in [3.05, 3.63) is 35.4 Å². The van der Waals surface area contributed by atoms with Gasteiger partial charge in [-0.1, -0.05) is 6.07 Å². The highest BCUT2D eigenvalue weighted by Gasteiger charge is 2.23. The SMILES string of the molecule is O=C(c1cccc(F)c1F)C(F)CCCl. The molecule has 0 aliphatic heterocycles. The monoisotopic (exact) mass is 236 g/mol. The summed E-state index contributed by atoms with van der Waals surface area (Å²) >= 11 is 5.24. The van der Waals surface area contributed by atoms with Gasteiger partial charge >= 0.3 is 0 Å². The summed E-state index contributed by atoms with van der Waals surface area (Å²) < 4.78 is 38.8. The molecule has 0 radical (unpaired) electrons. The van der Waals surface area contributed by atoms with Crippen molar-refractivity contribution in [3.63, 3.8) is 0 Å². The lowest BCUT2D eigenvalue weighted by Crippen LogP contribution is -2.18. The quantitative estimate of drug-likeness (QED) is 0.580. The van der Waals surface area contributed by atoms with Crippen LogP contribution >= 0.6 is 11.6 Å². The molecule has 0 spiro atoms. The minimum Gasteiger partial charge on any atom is -0.291 e. The molecule has 0 aliphatic carbocycles. The van der Waals surface area contributed by atoms with Gasteiger partial charge in [0.2, 0.25) is 0 Å². The van der Waals surface area contributed by atoms with E-state index in [0.29, 0.717) is 0 Å². The van der Waals surface area contributed by atoms with Gasteiger partial charge in [0.05, 0.1) is 5.56 Å². The van der Waals surface area contributed by atoms with Gasteiger partial charge in [-0.05, 0) is 18.6 Å². The molecule has 0 aliphatic rings. The number of halogens is 4. The summed E-state index contributed by atoms with van der Waals surface area (Å²) in [6, 6.07) is 3.06. The molecule has 1 unspecified atom stereocenters. The third kappa shape index (κ3) is 2.72. The lowest BCUT2D eigenvalue weighted by molar-refractivity contribution is 0.0869. The van der Waals surface area contributed by atoms with E-state index in [1.807, 2.05) is 0 Å². The Kier molecular flexibility index (Phi) is 4.15. The Morgan fingerprint density at radius 2 is 2.07 bits per heavy atom. The van der Waals surface area contributed by atoms with E-state index in [2.05, 4.69) is 0 Å². The maximum absolute atomic E-state index is 13.1. The average Bonchev–Trinajstić information content (AvgIpc) is 2.21. The summed E-state index contributed by atoms with van der Waals surface area (Å²) in [6.07, 6.45) is -2.10. The minimum absolute atomic E-state index is 0.0517. The zero-order chi connectivity index (χ0) is 11.4. The molecule has 0 bridgehead atoms. The fraction of sp³-hybridized carbons (Fsp3) is 0.300.